The van der Waals surface area contributed by atoms with Crippen molar-refractivity contribution in [3.8, 4) is 0 Å². The van der Waals surface area contributed by atoms with E-state index < -0.39 is 11.7 Å². The van der Waals surface area contributed by atoms with Crippen molar-refractivity contribution >= 4 is 35.0 Å². The molecule has 0 radical (unpaired) electrons. The average Bonchev–Trinajstić information content (AvgIpc) is 2.19. The molecular weight excluding hydrogens is 256 g/mol. The number of rotatable bonds is 4. The largest absolute Gasteiger partial charge is 0.325 e. The molecule has 0 unspecified atom stereocenters. The zero-order valence-electron chi connectivity index (χ0n) is 8.47. The number of hydrogen-bond donors (Lipinski definition) is 1. The molecule has 0 aliphatic carbocycles. The fourth-order valence-electron chi connectivity index (χ4n) is 1.09. The van der Waals surface area contributed by atoms with Crippen LogP contribution in [-0.4, -0.2) is 17.4 Å². The summed E-state index contributed by atoms with van der Waals surface area (Å²) < 4.78 is 23.7. The van der Waals surface area contributed by atoms with Crippen molar-refractivity contribution < 1.29 is 13.6 Å². The van der Waals surface area contributed by atoms with Gasteiger partial charge in [0.1, 0.15) is 0 Å². The molecule has 0 bridgehead atoms. The van der Waals surface area contributed by atoms with Gasteiger partial charge in [-0.2, -0.15) is 8.78 Å². The number of aryl methyl sites for hydroxylation is 1. The molecule has 2 nitrogen and oxygen atoms in total. The van der Waals surface area contributed by atoms with E-state index in [2.05, 4.69) is 5.32 Å². The van der Waals surface area contributed by atoms with Crippen LogP contribution in [0.3, 0.4) is 0 Å². The van der Waals surface area contributed by atoms with Crippen LogP contribution in [0.25, 0.3) is 0 Å². The number of nitrogens with one attached hydrogen (secondary N) is 1. The van der Waals surface area contributed by atoms with E-state index >= 15 is 0 Å². The van der Waals surface area contributed by atoms with Gasteiger partial charge in [-0.25, -0.2) is 0 Å². The zero-order valence-corrected chi connectivity index (χ0v) is 10.0. The minimum Gasteiger partial charge on any atom is -0.325 e. The Morgan fingerprint density at radius 3 is 2.81 bits per heavy atom. The summed E-state index contributed by atoms with van der Waals surface area (Å²) in [5.74, 6) is -3.24. The Morgan fingerprint density at radius 1 is 1.56 bits per heavy atom. The summed E-state index contributed by atoms with van der Waals surface area (Å²) in [5.41, 5.74) is 1.38. The van der Waals surface area contributed by atoms with Crippen molar-refractivity contribution in [2.75, 3.05) is 11.1 Å². The lowest BCUT2D eigenvalue weighted by Crippen LogP contribution is -2.15. The van der Waals surface area contributed by atoms with Gasteiger partial charge >= 0.3 is 0 Å². The van der Waals surface area contributed by atoms with E-state index in [1.165, 1.54) is 0 Å². The van der Waals surface area contributed by atoms with Crippen molar-refractivity contribution in [3.05, 3.63) is 28.8 Å². The minimum absolute atomic E-state index is 0.264. The Hall–Kier alpha value is -0.810. The third-order valence-corrected chi connectivity index (χ3v) is 2.72. The predicted octanol–water partition coefficient (Wildman–Crippen LogP) is 3.54. The third kappa shape index (κ3) is 4.37. The average molecular weight is 266 g/mol. The van der Waals surface area contributed by atoms with Crippen LogP contribution in [0.15, 0.2) is 18.2 Å². The first-order chi connectivity index (χ1) is 7.49. The first-order valence-corrected chi connectivity index (χ1v) is 5.87. The zero-order chi connectivity index (χ0) is 12.1. The van der Waals surface area contributed by atoms with Gasteiger partial charge in [-0.15, -0.1) is 0 Å². The maximum atomic E-state index is 11.8. The Balaban J connectivity index is 2.56. The molecule has 0 fully saturated rings. The smallest absolute Gasteiger partial charge is 0.285 e. The fourth-order valence-corrected chi connectivity index (χ4v) is 1.67. The van der Waals surface area contributed by atoms with Crippen molar-refractivity contribution in [2.45, 2.75) is 12.7 Å². The minimum atomic E-state index is -2.53. The van der Waals surface area contributed by atoms with Gasteiger partial charge in [-0.1, -0.05) is 23.4 Å². The lowest BCUT2D eigenvalue weighted by atomic mass is 10.2. The number of carbonyl (C=O) groups is 1. The molecule has 0 saturated heterocycles. The van der Waals surface area contributed by atoms with Crippen LogP contribution < -0.4 is 5.32 Å². The van der Waals surface area contributed by atoms with Crippen LogP contribution in [0.4, 0.5) is 14.5 Å². The predicted molar refractivity (Wildman–Crippen MR) is 63.3 cm³/mol. The van der Waals surface area contributed by atoms with E-state index in [9.17, 15) is 13.6 Å². The lowest BCUT2D eigenvalue weighted by molar-refractivity contribution is -0.113. The molecule has 0 atom stereocenters. The molecule has 1 aromatic rings. The third-order valence-electron chi connectivity index (χ3n) is 1.80. The highest BCUT2D eigenvalue weighted by atomic mass is 35.5. The molecule has 0 heterocycles. The van der Waals surface area contributed by atoms with E-state index in [1.54, 1.807) is 25.1 Å². The first kappa shape index (κ1) is 13.3. The molecule has 88 valence electrons. The van der Waals surface area contributed by atoms with Gasteiger partial charge in [0.05, 0.1) is 5.75 Å². The van der Waals surface area contributed by atoms with Crippen LogP contribution in [0, 0.1) is 6.92 Å². The quantitative estimate of drug-likeness (QED) is 0.902. The number of halogens is 3. The van der Waals surface area contributed by atoms with Crippen LogP contribution in [-0.2, 0) is 4.79 Å². The summed E-state index contributed by atoms with van der Waals surface area (Å²) in [5, 5.41) is 3.11. The number of amides is 1. The molecule has 6 heteroatoms. The van der Waals surface area contributed by atoms with Crippen LogP contribution in [0.2, 0.25) is 5.02 Å². The Labute approximate surface area is 101 Å². The van der Waals surface area contributed by atoms with E-state index in [4.69, 9.17) is 11.6 Å². The normalized spacial score (nSPS) is 10.6. The van der Waals surface area contributed by atoms with E-state index in [0.717, 1.165) is 5.56 Å². The second kappa shape index (κ2) is 6.06. The summed E-state index contributed by atoms with van der Waals surface area (Å²) in [7, 11) is 0. The van der Waals surface area contributed by atoms with E-state index in [-0.39, 0.29) is 5.75 Å². The van der Waals surface area contributed by atoms with Crippen molar-refractivity contribution in [1.82, 2.24) is 0 Å². The standard InChI is InChI=1S/C10H10ClF2NOS/c1-6-4-7(11)2-3-8(6)14-9(15)5-16-10(12)13/h2-4,10H,5H2,1H3,(H,14,15). The molecule has 0 saturated carbocycles. The highest BCUT2D eigenvalue weighted by Crippen LogP contribution is 2.20. The molecule has 1 amide bonds. The Morgan fingerprint density at radius 2 is 2.25 bits per heavy atom. The van der Waals surface area contributed by atoms with Gasteiger partial charge in [-0.05, 0) is 30.7 Å². The van der Waals surface area contributed by atoms with Gasteiger partial charge in [0, 0.05) is 10.7 Å². The van der Waals surface area contributed by atoms with Crippen molar-refractivity contribution in [3.63, 3.8) is 0 Å². The van der Waals surface area contributed by atoms with Crippen LogP contribution in [0.5, 0.6) is 0 Å². The van der Waals surface area contributed by atoms with E-state index in [1.807, 2.05) is 0 Å². The number of alkyl halides is 2. The van der Waals surface area contributed by atoms with Crippen molar-refractivity contribution in [2.24, 2.45) is 0 Å². The summed E-state index contributed by atoms with van der Waals surface area (Å²) in [6.45, 7) is 1.78. The molecule has 1 N–H and O–H groups in total. The molecular formula is C10H10ClF2NOS. The number of benzene rings is 1. The van der Waals surface area contributed by atoms with Gasteiger partial charge < -0.3 is 5.32 Å². The summed E-state index contributed by atoms with van der Waals surface area (Å²) in [4.78, 5) is 11.3. The van der Waals surface area contributed by atoms with Crippen molar-refractivity contribution in [1.29, 1.82) is 0 Å². The molecule has 0 aliphatic heterocycles. The molecule has 1 rings (SSSR count). The first-order valence-electron chi connectivity index (χ1n) is 4.45. The van der Waals surface area contributed by atoms with Crippen LogP contribution in [0.1, 0.15) is 5.56 Å². The SMILES string of the molecule is Cc1cc(Cl)ccc1NC(=O)CSC(F)F. The highest BCUT2D eigenvalue weighted by Gasteiger charge is 2.09. The maximum absolute atomic E-state index is 11.8. The molecule has 1 aromatic carbocycles. The van der Waals surface area contributed by atoms with Gasteiger partial charge in [-0.3, -0.25) is 4.79 Å². The fraction of sp³-hybridized carbons (Fsp3) is 0.300. The molecule has 0 aromatic heterocycles. The topological polar surface area (TPSA) is 29.1 Å². The summed E-state index contributed by atoms with van der Waals surface area (Å²) in [6.07, 6.45) is 0. The second-order valence-corrected chi connectivity index (χ2v) is 4.49. The summed E-state index contributed by atoms with van der Waals surface area (Å²) in [6, 6.07) is 4.96. The highest BCUT2D eigenvalue weighted by molar-refractivity contribution is 8.00. The molecule has 0 spiro atoms. The van der Waals surface area contributed by atoms with Gasteiger partial charge in [0.25, 0.3) is 5.76 Å². The summed E-state index contributed by atoms with van der Waals surface area (Å²) >= 11 is 6.04. The van der Waals surface area contributed by atoms with Gasteiger partial charge in [0.2, 0.25) is 5.91 Å². The molecule has 16 heavy (non-hydrogen) atoms. The number of carbonyl (C=O) groups excluding carboxylic acids is 1. The monoisotopic (exact) mass is 265 g/mol. The Kier molecular flexibility index (Phi) is 5.02. The van der Waals surface area contributed by atoms with Crippen LogP contribution >= 0.6 is 23.4 Å². The van der Waals surface area contributed by atoms with Gasteiger partial charge in [0.15, 0.2) is 0 Å². The number of hydrogen-bond acceptors (Lipinski definition) is 2. The van der Waals surface area contributed by atoms with E-state index in [0.29, 0.717) is 22.5 Å². The number of thioether (sulfide) groups is 1. The maximum Gasteiger partial charge on any atom is 0.285 e. The molecule has 0 aliphatic rings. The lowest BCUT2D eigenvalue weighted by Gasteiger charge is -2.08. The number of anilines is 1. The second-order valence-electron chi connectivity index (χ2n) is 3.08. The Bertz CT molecular complexity index is 387.